The predicted molar refractivity (Wildman–Crippen MR) is 54.1 cm³/mol. The minimum atomic E-state index is -0.530. The number of nitrogens with two attached hydrogens (primary N) is 1. The number of primary amides is 1. The molecule has 2 amide bonds. The van der Waals surface area contributed by atoms with Gasteiger partial charge in [0.15, 0.2) is 0 Å². The molecule has 0 atom stereocenters. The number of carbonyl (C=O) groups is 2. The van der Waals surface area contributed by atoms with Gasteiger partial charge in [-0.15, -0.1) is 0 Å². The van der Waals surface area contributed by atoms with Crippen molar-refractivity contribution >= 4 is 11.9 Å². The van der Waals surface area contributed by atoms with Crippen molar-refractivity contribution in [2.24, 2.45) is 5.73 Å². The summed E-state index contributed by atoms with van der Waals surface area (Å²) in [6.07, 6.45) is 4.41. The molecule has 0 aliphatic carbocycles. The summed E-state index contributed by atoms with van der Waals surface area (Å²) >= 11 is 0. The minimum absolute atomic E-state index is 0.0886. The second kappa shape index (κ2) is 4.59. The summed E-state index contributed by atoms with van der Waals surface area (Å²) in [5.41, 5.74) is 5.06. The van der Waals surface area contributed by atoms with Crippen molar-refractivity contribution in [3.05, 3.63) is 18.7 Å². The standard InChI is InChI=1S/C9H14N4O2/c1-7(2)13(5-8(10)14)9(15)12-4-3-11-6-12/h3-4,6-7H,5H2,1-2H3,(H2,10,14). The first kappa shape index (κ1) is 11.2. The van der Waals surface area contributed by atoms with Crippen LogP contribution < -0.4 is 5.73 Å². The van der Waals surface area contributed by atoms with Crippen LogP contribution in [-0.2, 0) is 4.79 Å². The van der Waals surface area contributed by atoms with Gasteiger partial charge in [0.2, 0.25) is 5.91 Å². The maximum absolute atomic E-state index is 11.8. The van der Waals surface area contributed by atoms with E-state index in [0.29, 0.717) is 0 Å². The predicted octanol–water partition coefficient (Wildman–Crippen LogP) is 0.0469. The third-order valence-corrected chi connectivity index (χ3v) is 1.92. The van der Waals surface area contributed by atoms with Gasteiger partial charge in [-0.1, -0.05) is 0 Å². The average molecular weight is 210 g/mol. The van der Waals surface area contributed by atoms with E-state index in [9.17, 15) is 9.59 Å². The van der Waals surface area contributed by atoms with Crippen LogP contribution >= 0.6 is 0 Å². The Morgan fingerprint density at radius 3 is 2.60 bits per heavy atom. The van der Waals surface area contributed by atoms with E-state index in [2.05, 4.69) is 4.98 Å². The molecule has 0 bridgehead atoms. The Labute approximate surface area is 87.7 Å². The van der Waals surface area contributed by atoms with Gasteiger partial charge < -0.3 is 10.6 Å². The highest BCUT2D eigenvalue weighted by Crippen LogP contribution is 2.02. The molecule has 1 aromatic rings. The van der Waals surface area contributed by atoms with E-state index in [0.717, 1.165) is 0 Å². The quantitative estimate of drug-likeness (QED) is 0.765. The van der Waals surface area contributed by atoms with Crippen molar-refractivity contribution < 1.29 is 9.59 Å². The molecule has 0 aromatic carbocycles. The first-order valence-electron chi connectivity index (χ1n) is 4.59. The lowest BCUT2D eigenvalue weighted by Gasteiger charge is -2.24. The molecule has 82 valence electrons. The van der Waals surface area contributed by atoms with Crippen molar-refractivity contribution in [2.75, 3.05) is 6.54 Å². The zero-order valence-electron chi connectivity index (χ0n) is 8.75. The molecule has 1 rings (SSSR count). The van der Waals surface area contributed by atoms with Crippen molar-refractivity contribution in [3.63, 3.8) is 0 Å². The molecule has 6 nitrogen and oxygen atoms in total. The van der Waals surface area contributed by atoms with E-state index < -0.39 is 5.91 Å². The first-order valence-corrected chi connectivity index (χ1v) is 4.59. The van der Waals surface area contributed by atoms with Crippen molar-refractivity contribution in [2.45, 2.75) is 19.9 Å². The highest BCUT2D eigenvalue weighted by molar-refractivity contribution is 5.84. The molecule has 0 fully saturated rings. The molecular formula is C9H14N4O2. The van der Waals surface area contributed by atoms with Gasteiger partial charge in [-0.05, 0) is 13.8 Å². The lowest BCUT2D eigenvalue weighted by molar-refractivity contribution is -0.118. The normalized spacial score (nSPS) is 10.3. The molecule has 0 aliphatic heterocycles. The number of hydrogen-bond acceptors (Lipinski definition) is 3. The number of imidazole rings is 1. The first-order chi connectivity index (χ1) is 7.02. The molecule has 0 spiro atoms. The van der Waals surface area contributed by atoms with E-state index >= 15 is 0 Å². The van der Waals surface area contributed by atoms with Crippen LogP contribution in [0.5, 0.6) is 0 Å². The van der Waals surface area contributed by atoms with Gasteiger partial charge in [0, 0.05) is 18.4 Å². The van der Waals surface area contributed by atoms with E-state index in [4.69, 9.17) is 5.73 Å². The van der Waals surface area contributed by atoms with Crippen LogP contribution in [0.3, 0.4) is 0 Å². The summed E-state index contributed by atoms with van der Waals surface area (Å²) in [5, 5.41) is 0. The van der Waals surface area contributed by atoms with E-state index in [1.165, 1.54) is 28.2 Å². The SMILES string of the molecule is CC(C)N(CC(N)=O)C(=O)n1ccnc1. The molecular weight excluding hydrogens is 196 g/mol. The zero-order valence-corrected chi connectivity index (χ0v) is 8.75. The van der Waals surface area contributed by atoms with E-state index in [1.807, 2.05) is 13.8 Å². The Kier molecular flexibility index (Phi) is 3.43. The van der Waals surface area contributed by atoms with Gasteiger partial charge in [0.1, 0.15) is 12.9 Å². The van der Waals surface area contributed by atoms with Gasteiger partial charge in [0.05, 0.1) is 0 Å². The summed E-state index contributed by atoms with van der Waals surface area (Å²) in [6, 6.07) is -0.395. The summed E-state index contributed by atoms with van der Waals surface area (Å²) in [6.45, 7) is 3.55. The van der Waals surface area contributed by atoms with Crippen molar-refractivity contribution in [3.8, 4) is 0 Å². The highest BCUT2D eigenvalue weighted by atomic mass is 16.2. The molecule has 1 aromatic heterocycles. The minimum Gasteiger partial charge on any atom is -0.368 e. The third kappa shape index (κ3) is 2.80. The topological polar surface area (TPSA) is 81.2 Å². The van der Waals surface area contributed by atoms with Crippen LogP contribution in [0.15, 0.2) is 18.7 Å². The van der Waals surface area contributed by atoms with Gasteiger partial charge in [-0.2, -0.15) is 0 Å². The Morgan fingerprint density at radius 2 is 2.20 bits per heavy atom. The van der Waals surface area contributed by atoms with Crippen LogP contribution in [0.25, 0.3) is 0 Å². The fraction of sp³-hybridized carbons (Fsp3) is 0.444. The zero-order chi connectivity index (χ0) is 11.4. The number of carbonyl (C=O) groups excluding carboxylic acids is 2. The molecule has 15 heavy (non-hydrogen) atoms. The van der Waals surface area contributed by atoms with Gasteiger partial charge in [-0.25, -0.2) is 9.78 Å². The Bertz CT molecular complexity index is 345. The number of nitrogens with zero attached hydrogens (tertiary/aromatic N) is 3. The summed E-state index contributed by atoms with van der Waals surface area (Å²) in [7, 11) is 0. The van der Waals surface area contributed by atoms with Crippen molar-refractivity contribution in [1.29, 1.82) is 0 Å². The van der Waals surface area contributed by atoms with Crippen molar-refractivity contribution in [1.82, 2.24) is 14.5 Å². The van der Waals surface area contributed by atoms with Gasteiger partial charge in [-0.3, -0.25) is 9.36 Å². The van der Waals surface area contributed by atoms with Crippen LogP contribution in [0, 0.1) is 0 Å². The second-order valence-corrected chi connectivity index (χ2v) is 3.44. The van der Waals surface area contributed by atoms with Crippen LogP contribution in [0.2, 0.25) is 0 Å². The maximum atomic E-state index is 11.8. The third-order valence-electron chi connectivity index (χ3n) is 1.92. The van der Waals surface area contributed by atoms with Crippen LogP contribution in [-0.4, -0.2) is 39.0 Å². The molecule has 0 unspecified atom stereocenters. The Hall–Kier alpha value is -1.85. The lowest BCUT2D eigenvalue weighted by atomic mass is 10.3. The fourth-order valence-electron chi connectivity index (χ4n) is 1.16. The van der Waals surface area contributed by atoms with Gasteiger partial charge >= 0.3 is 6.03 Å². The molecule has 0 saturated heterocycles. The Morgan fingerprint density at radius 1 is 1.53 bits per heavy atom. The largest absolute Gasteiger partial charge is 0.368 e. The number of amides is 2. The van der Waals surface area contributed by atoms with Crippen LogP contribution in [0.1, 0.15) is 13.8 Å². The van der Waals surface area contributed by atoms with Crippen LogP contribution in [0.4, 0.5) is 4.79 Å². The molecule has 0 radical (unpaired) electrons. The number of aromatic nitrogens is 2. The summed E-state index contributed by atoms with van der Waals surface area (Å²) < 4.78 is 1.31. The number of hydrogen-bond donors (Lipinski definition) is 1. The average Bonchev–Trinajstić information content (AvgIpc) is 2.65. The highest BCUT2D eigenvalue weighted by Gasteiger charge is 2.19. The maximum Gasteiger partial charge on any atom is 0.330 e. The summed E-state index contributed by atoms with van der Waals surface area (Å²) in [4.78, 5) is 27.8. The Balaban J connectivity index is 2.81. The molecule has 1 heterocycles. The van der Waals surface area contributed by atoms with E-state index in [-0.39, 0.29) is 18.6 Å². The molecule has 2 N–H and O–H groups in total. The number of rotatable bonds is 3. The lowest BCUT2D eigenvalue weighted by Crippen LogP contribution is -2.44. The fourth-order valence-corrected chi connectivity index (χ4v) is 1.16. The molecule has 6 heteroatoms. The van der Waals surface area contributed by atoms with E-state index in [1.54, 1.807) is 0 Å². The smallest absolute Gasteiger partial charge is 0.330 e. The monoisotopic (exact) mass is 210 g/mol. The second-order valence-electron chi connectivity index (χ2n) is 3.44. The summed E-state index contributed by atoms with van der Waals surface area (Å²) in [5.74, 6) is -0.530. The molecule has 0 saturated carbocycles. The molecule has 0 aliphatic rings. The van der Waals surface area contributed by atoms with Gasteiger partial charge in [0.25, 0.3) is 0 Å².